The molecule has 0 spiro atoms. The highest BCUT2D eigenvalue weighted by molar-refractivity contribution is 5.94. The maximum absolute atomic E-state index is 13.8. The number of hydrogen-bond donors (Lipinski definition) is 2. The normalized spacial score (nSPS) is 22.6. The van der Waals surface area contributed by atoms with Crippen LogP contribution in [0.4, 0.5) is 8.78 Å². The second-order valence-electron chi connectivity index (χ2n) is 5.49. The first kappa shape index (κ1) is 14.9. The lowest BCUT2D eigenvalue weighted by Gasteiger charge is -2.29. The van der Waals surface area contributed by atoms with Crippen LogP contribution in [0.1, 0.15) is 29.3 Å². The molecular formula is C15H20F2N2O. The van der Waals surface area contributed by atoms with Crippen molar-refractivity contribution < 1.29 is 13.6 Å². The van der Waals surface area contributed by atoms with Gasteiger partial charge in [-0.1, -0.05) is 13.0 Å². The van der Waals surface area contributed by atoms with Gasteiger partial charge in [-0.2, -0.15) is 0 Å². The SMILES string of the molecule is Cc1ccc(F)c(C(=O)NCC2CCNCC2C)c1F. The summed E-state index contributed by atoms with van der Waals surface area (Å²) >= 11 is 0. The first-order valence-electron chi connectivity index (χ1n) is 6.94. The largest absolute Gasteiger partial charge is 0.352 e. The maximum Gasteiger partial charge on any atom is 0.257 e. The zero-order valence-corrected chi connectivity index (χ0v) is 11.8. The van der Waals surface area contributed by atoms with Crippen LogP contribution in [0.2, 0.25) is 0 Å². The molecule has 2 unspecified atom stereocenters. The number of benzene rings is 1. The van der Waals surface area contributed by atoms with Gasteiger partial charge in [0.2, 0.25) is 0 Å². The Kier molecular flexibility index (Phi) is 4.70. The van der Waals surface area contributed by atoms with Crippen molar-refractivity contribution in [2.24, 2.45) is 11.8 Å². The monoisotopic (exact) mass is 282 g/mol. The van der Waals surface area contributed by atoms with E-state index in [1.54, 1.807) is 0 Å². The van der Waals surface area contributed by atoms with Gasteiger partial charge < -0.3 is 10.6 Å². The lowest BCUT2D eigenvalue weighted by molar-refractivity contribution is 0.0929. The molecule has 3 nitrogen and oxygen atoms in total. The van der Waals surface area contributed by atoms with Gasteiger partial charge in [-0.15, -0.1) is 0 Å². The number of rotatable bonds is 3. The minimum atomic E-state index is -0.816. The number of carbonyl (C=O) groups is 1. The molecule has 1 saturated heterocycles. The summed E-state index contributed by atoms with van der Waals surface area (Å²) < 4.78 is 27.5. The van der Waals surface area contributed by atoms with E-state index < -0.39 is 23.1 Å². The molecule has 1 heterocycles. The van der Waals surface area contributed by atoms with Gasteiger partial charge in [-0.3, -0.25) is 4.79 Å². The van der Waals surface area contributed by atoms with E-state index in [1.807, 2.05) is 0 Å². The van der Waals surface area contributed by atoms with Crippen LogP contribution in [0.25, 0.3) is 0 Å². The minimum absolute atomic E-state index is 0.270. The molecule has 5 heteroatoms. The molecule has 1 aliphatic rings. The Hall–Kier alpha value is -1.49. The van der Waals surface area contributed by atoms with Gasteiger partial charge in [0.1, 0.15) is 17.2 Å². The van der Waals surface area contributed by atoms with E-state index in [2.05, 4.69) is 17.6 Å². The number of halogens is 2. The van der Waals surface area contributed by atoms with Crippen molar-refractivity contribution in [2.75, 3.05) is 19.6 Å². The fraction of sp³-hybridized carbons (Fsp3) is 0.533. The van der Waals surface area contributed by atoms with Gasteiger partial charge in [0.15, 0.2) is 0 Å². The van der Waals surface area contributed by atoms with E-state index in [9.17, 15) is 13.6 Å². The summed E-state index contributed by atoms with van der Waals surface area (Å²) in [6.45, 7) is 5.90. The molecule has 2 rings (SSSR count). The highest BCUT2D eigenvalue weighted by Gasteiger charge is 2.24. The molecule has 0 radical (unpaired) electrons. The Bertz CT molecular complexity index is 505. The summed E-state index contributed by atoms with van der Waals surface area (Å²) in [5.41, 5.74) is -0.210. The maximum atomic E-state index is 13.8. The van der Waals surface area contributed by atoms with Crippen molar-refractivity contribution in [3.05, 3.63) is 34.9 Å². The van der Waals surface area contributed by atoms with E-state index >= 15 is 0 Å². The molecule has 0 bridgehead atoms. The third-order valence-electron chi connectivity index (χ3n) is 4.00. The number of carbonyl (C=O) groups excluding carboxylic acids is 1. The van der Waals surface area contributed by atoms with Crippen molar-refractivity contribution >= 4 is 5.91 Å². The Balaban J connectivity index is 2.03. The molecule has 2 atom stereocenters. The molecule has 0 aromatic heterocycles. The van der Waals surface area contributed by atoms with Crippen molar-refractivity contribution in [3.8, 4) is 0 Å². The van der Waals surface area contributed by atoms with E-state index in [4.69, 9.17) is 0 Å². The van der Waals surface area contributed by atoms with Gasteiger partial charge in [0.05, 0.1) is 0 Å². The predicted octanol–water partition coefficient (Wildman–Crippen LogP) is 2.25. The fourth-order valence-corrected chi connectivity index (χ4v) is 2.55. The number of nitrogens with one attached hydrogen (secondary N) is 2. The number of amides is 1. The van der Waals surface area contributed by atoms with Gasteiger partial charge in [0, 0.05) is 6.54 Å². The number of aryl methyl sites for hydroxylation is 1. The highest BCUT2D eigenvalue weighted by Crippen LogP contribution is 2.19. The molecule has 1 aromatic rings. The molecule has 1 fully saturated rings. The zero-order valence-electron chi connectivity index (χ0n) is 11.8. The molecule has 1 aromatic carbocycles. The van der Waals surface area contributed by atoms with Gasteiger partial charge in [-0.05, 0) is 49.9 Å². The lowest BCUT2D eigenvalue weighted by Crippen LogP contribution is -2.41. The molecule has 1 amide bonds. The van der Waals surface area contributed by atoms with E-state index in [-0.39, 0.29) is 5.56 Å². The van der Waals surface area contributed by atoms with E-state index in [0.29, 0.717) is 18.4 Å². The Morgan fingerprint density at radius 3 is 2.90 bits per heavy atom. The molecule has 20 heavy (non-hydrogen) atoms. The van der Waals surface area contributed by atoms with Crippen molar-refractivity contribution in [2.45, 2.75) is 20.3 Å². The Morgan fingerprint density at radius 2 is 2.20 bits per heavy atom. The number of piperidine rings is 1. The topological polar surface area (TPSA) is 41.1 Å². The predicted molar refractivity (Wildman–Crippen MR) is 73.6 cm³/mol. The van der Waals surface area contributed by atoms with Gasteiger partial charge >= 0.3 is 0 Å². The molecule has 1 aliphatic heterocycles. The zero-order chi connectivity index (χ0) is 14.7. The summed E-state index contributed by atoms with van der Waals surface area (Å²) in [7, 11) is 0. The quantitative estimate of drug-likeness (QED) is 0.893. The second-order valence-corrected chi connectivity index (χ2v) is 5.49. The van der Waals surface area contributed by atoms with Gasteiger partial charge in [-0.25, -0.2) is 8.78 Å². The van der Waals surface area contributed by atoms with Crippen LogP contribution in [-0.2, 0) is 0 Å². The van der Waals surface area contributed by atoms with Crippen LogP contribution in [-0.4, -0.2) is 25.5 Å². The molecule has 0 saturated carbocycles. The van der Waals surface area contributed by atoms with Crippen molar-refractivity contribution in [1.82, 2.24) is 10.6 Å². The van der Waals surface area contributed by atoms with Crippen LogP contribution < -0.4 is 10.6 Å². The summed E-state index contributed by atoms with van der Waals surface area (Å²) in [5.74, 6) is -1.48. The van der Waals surface area contributed by atoms with E-state index in [0.717, 1.165) is 25.6 Å². The highest BCUT2D eigenvalue weighted by atomic mass is 19.1. The Morgan fingerprint density at radius 1 is 1.45 bits per heavy atom. The second kappa shape index (κ2) is 6.31. The third-order valence-corrected chi connectivity index (χ3v) is 4.00. The molecule has 0 aliphatic carbocycles. The summed E-state index contributed by atoms with van der Waals surface area (Å²) in [6, 6.07) is 2.46. The number of hydrogen-bond acceptors (Lipinski definition) is 2. The van der Waals surface area contributed by atoms with Gasteiger partial charge in [0.25, 0.3) is 5.91 Å². The first-order chi connectivity index (χ1) is 9.50. The summed E-state index contributed by atoms with van der Waals surface area (Å²) in [6.07, 6.45) is 0.959. The summed E-state index contributed by atoms with van der Waals surface area (Å²) in [4.78, 5) is 12.0. The minimum Gasteiger partial charge on any atom is -0.352 e. The first-order valence-corrected chi connectivity index (χ1v) is 6.94. The van der Waals surface area contributed by atoms with Crippen LogP contribution >= 0.6 is 0 Å². The fourth-order valence-electron chi connectivity index (χ4n) is 2.55. The van der Waals surface area contributed by atoms with Crippen LogP contribution in [0.5, 0.6) is 0 Å². The standard InChI is InChI=1S/C15H20F2N2O/c1-9-3-4-12(16)13(14(9)17)15(20)19-8-11-5-6-18-7-10(11)2/h3-4,10-11,18H,5-8H2,1-2H3,(H,19,20). The van der Waals surface area contributed by atoms with Crippen molar-refractivity contribution in [1.29, 1.82) is 0 Å². The van der Waals surface area contributed by atoms with Crippen LogP contribution in [0.15, 0.2) is 12.1 Å². The molecular weight excluding hydrogens is 262 g/mol. The summed E-state index contributed by atoms with van der Waals surface area (Å²) in [5, 5.41) is 5.94. The molecule has 110 valence electrons. The molecule has 2 N–H and O–H groups in total. The smallest absolute Gasteiger partial charge is 0.257 e. The Labute approximate surface area is 117 Å². The third kappa shape index (κ3) is 3.15. The van der Waals surface area contributed by atoms with Crippen LogP contribution in [0, 0.1) is 30.4 Å². The van der Waals surface area contributed by atoms with Crippen molar-refractivity contribution in [3.63, 3.8) is 0 Å². The van der Waals surface area contributed by atoms with Crippen LogP contribution in [0.3, 0.4) is 0 Å². The average molecular weight is 282 g/mol. The van der Waals surface area contributed by atoms with E-state index in [1.165, 1.54) is 13.0 Å². The average Bonchev–Trinajstić information content (AvgIpc) is 2.42. The lowest BCUT2D eigenvalue weighted by atomic mass is 9.88.